The number of hydrogen-bond acceptors (Lipinski definition) is 4. The summed E-state index contributed by atoms with van der Waals surface area (Å²) in [4.78, 5) is 6.75. The highest BCUT2D eigenvalue weighted by Crippen LogP contribution is 2.32. The van der Waals surface area contributed by atoms with Crippen molar-refractivity contribution in [1.29, 1.82) is 0 Å². The summed E-state index contributed by atoms with van der Waals surface area (Å²) in [5, 5.41) is 3.29. The van der Waals surface area contributed by atoms with E-state index in [1.165, 1.54) is 6.07 Å². The highest BCUT2D eigenvalue weighted by Gasteiger charge is 2.31. The van der Waals surface area contributed by atoms with Crippen molar-refractivity contribution in [3.8, 4) is 11.5 Å². The summed E-state index contributed by atoms with van der Waals surface area (Å²) >= 11 is 0. The average molecular weight is 426 g/mol. The van der Waals surface area contributed by atoms with Gasteiger partial charge in [0.05, 0.1) is 11.3 Å². The van der Waals surface area contributed by atoms with E-state index in [0.29, 0.717) is 23.9 Å². The van der Waals surface area contributed by atoms with E-state index >= 15 is 0 Å². The van der Waals surface area contributed by atoms with Crippen LogP contribution in [0, 0.1) is 6.92 Å². The molecule has 0 atom stereocenters. The Labute approximate surface area is 169 Å². The molecule has 27 heavy (non-hydrogen) atoms. The molecule has 2 aromatic rings. The van der Waals surface area contributed by atoms with Crippen molar-refractivity contribution in [2.24, 2.45) is 0 Å². The van der Waals surface area contributed by atoms with Crippen LogP contribution in [0.2, 0.25) is 0 Å². The molecule has 0 saturated carbocycles. The zero-order valence-corrected chi connectivity index (χ0v) is 16.8. The molecule has 1 N–H and O–H groups in total. The lowest BCUT2D eigenvalue weighted by atomic mass is 10.1. The fraction of sp³-hybridized carbons (Fsp3) is 0.500. The number of piperidine rings is 1. The second-order valence-electron chi connectivity index (χ2n) is 6.44. The zero-order chi connectivity index (χ0) is 18.0. The molecule has 3 rings (SSSR count). The largest absolute Gasteiger partial charge is 0.441 e. The monoisotopic (exact) mass is 425 g/mol. The molecule has 0 aliphatic carbocycles. The fourth-order valence-corrected chi connectivity index (χ4v) is 3.12. The summed E-state index contributed by atoms with van der Waals surface area (Å²) < 4.78 is 44.3. The maximum absolute atomic E-state index is 12.9. The van der Waals surface area contributed by atoms with Crippen LogP contribution in [-0.2, 0) is 12.7 Å². The highest BCUT2D eigenvalue weighted by atomic mass is 35.5. The second-order valence-corrected chi connectivity index (χ2v) is 6.44. The Hall–Kier alpha value is -1.28. The van der Waals surface area contributed by atoms with Crippen LogP contribution in [0.4, 0.5) is 13.2 Å². The van der Waals surface area contributed by atoms with Crippen molar-refractivity contribution in [3.05, 3.63) is 41.3 Å². The average Bonchev–Trinajstić information content (AvgIpc) is 2.96. The van der Waals surface area contributed by atoms with Crippen LogP contribution in [0.25, 0.3) is 11.5 Å². The number of halogens is 5. The standard InChI is InChI=1S/C18H22F3N3O.2ClH/c1-12-16(11-24-8-6-15(22-2)7-9-24)23-17(25-12)13-4-3-5-14(10-13)18(19,20)21;;/h3-5,10,15,22H,6-9,11H2,1-2H3;2*1H. The van der Waals surface area contributed by atoms with E-state index in [2.05, 4.69) is 15.2 Å². The number of alkyl halides is 3. The number of oxazole rings is 1. The minimum atomic E-state index is -4.38. The lowest BCUT2D eigenvalue weighted by molar-refractivity contribution is -0.137. The molecule has 4 nitrogen and oxygen atoms in total. The Kier molecular flexibility index (Phi) is 8.60. The van der Waals surface area contributed by atoms with Gasteiger partial charge in [0.15, 0.2) is 0 Å². The number of aryl methyl sites for hydroxylation is 1. The van der Waals surface area contributed by atoms with E-state index in [9.17, 15) is 13.2 Å². The predicted molar refractivity (Wildman–Crippen MR) is 104 cm³/mol. The first kappa shape index (κ1) is 23.8. The number of benzene rings is 1. The minimum Gasteiger partial charge on any atom is -0.441 e. The molecule has 1 aliphatic rings. The van der Waals surface area contributed by atoms with Gasteiger partial charge in [-0.2, -0.15) is 13.2 Å². The Bertz CT molecular complexity index is 729. The molecule has 9 heteroatoms. The maximum Gasteiger partial charge on any atom is 0.416 e. The van der Waals surface area contributed by atoms with Gasteiger partial charge in [-0.1, -0.05) is 6.07 Å². The van der Waals surface area contributed by atoms with E-state index in [4.69, 9.17) is 4.42 Å². The summed E-state index contributed by atoms with van der Waals surface area (Å²) in [6.07, 6.45) is -2.22. The highest BCUT2D eigenvalue weighted by molar-refractivity contribution is 5.85. The third kappa shape index (κ3) is 5.85. The molecule has 0 unspecified atom stereocenters. The van der Waals surface area contributed by atoms with Gasteiger partial charge < -0.3 is 9.73 Å². The first-order valence-corrected chi connectivity index (χ1v) is 8.40. The SMILES string of the molecule is CNC1CCN(Cc2nc(-c3cccc(C(F)(F)F)c3)oc2C)CC1.Cl.Cl. The van der Waals surface area contributed by atoms with Gasteiger partial charge in [0, 0.05) is 31.2 Å². The number of nitrogens with one attached hydrogen (secondary N) is 1. The van der Waals surface area contributed by atoms with Crippen molar-refractivity contribution < 1.29 is 17.6 Å². The van der Waals surface area contributed by atoms with Gasteiger partial charge in [-0.05, 0) is 45.0 Å². The van der Waals surface area contributed by atoms with Crippen LogP contribution >= 0.6 is 24.8 Å². The molecular formula is C18H24Cl2F3N3O. The fourth-order valence-electron chi connectivity index (χ4n) is 3.12. The number of rotatable bonds is 4. The molecule has 1 saturated heterocycles. The maximum atomic E-state index is 12.9. The van der Waals surface area contributed by atoms with Crippen LogP contribution in [0.3, 0.4) is 0 Å². The Morgan fingerprint density at radius 2 is 1.89 bits per heavy atom. The number of likely N-dealkylation sites (tertiary alicyclic amines) is 1. The molecule has 0 amide bonds. The molecule has 1 fully saturated rings. The van der Waals surface area contributed by atoms with E-state index in [1.54, 1.807) is 13.0 Å². The van der Waals surface area contributed by atoms with Crippen LogP contribution < -0.4 is 5.32 Å². The van der Waals surface area contributed by atoms with Crippen molar-refractivity contribution in [2.45, 2.75) is 38.5 Å². The molecule has 0 bridgehead atoms. The van der Waals surface area contributed by atoms with E-state index in [-0.39, 0.29) is 30.7 Å². The summed E-state index contributed by atoms with van der Waals surface area (Å²) in [6.45, 7) is 4.40. The summed E-state index contributed by atoms with van der Waals surface area (Å²) in [7, 11) is 1.98. The molecular weight excluding hydrogens is 402 g/mol. The van der Waals surface area contributed by atoms with Gasteiger partial charge in [0.1, 0.15) is 5.76 Å². The third-order valence-corrected chi connectivity index (χ3v) is 4.70. The minimum absolute atomic E-state index is 0. The normalized spacial score (nSPS) is 15.9. The van der Waals surface area contributed by atoms with Crippen LogP contribution in [-0.4, -0.2) is 36.1 Å². The molecule has 1 aliphatic heterocycles. The second kappa shape index (κ2) is 9.78. The Morgan fingerprint density at radius 1 is 1.22 bits per heavy atom. The summed E-state index contributed by atoms with van der Waals surface area (Å²) in [5.41, 5.74) is 0.435. The smallest absolute Gasteiger partial charge is 0.416 e. The zero-order valence-electron chi connectivity index (χ0n) is 15.2. The van der Waals surface area contributed by atoms with Gasteiger partial charge in [0.2, 0.25) is 5.89 Å². The van der Waals surface area contributed by atoms with Crippen molar-refractivity contribution in [1.82, 2.24) is 15.2 Å². The molecule has 0 spiro atoms. The quantitative estimate of drug-likeness (QED) is 0.770. The number of aromatic nitrogens is 1. The van der Waals surface area contributed by atoms with Gasteiger partial charge in [-0.15, -0.1) is 24.8 Å². The van der Waals surface area contributed by atoms with E-state index < -0.39 is 11.7 Å². The summed E-state index contributed by atoms with van der Waals surface area (Å²) in [5.74, 6) is 0.895. The molecule has 1 aromatic heterocycles. The van der Waals surface area contributed by atoms with Crippen molar-refractivity contribution >= 4 is 24.8 Å². The predicted octanol–water partition coefficient (Wildman–Crippen LogP) is 4.70. The first-order chi connectivity index (χ1) is 11.9. The molecule has 0 radical (unpaired) electrons. The topological polar surface area (TPSA) is 41.3 Å². The Balaban J connectivity index is 0.00000182. The van der Waals surface area contributed by atoms with E-state index in [0.717, 1.165) is 43.8 Å². The third-order valence-electron chi connectivity index (χ3n) is 4.70. The van der Waals surface area contributed by atoms with Gasteiger partial charge in [0.25, 0.3) is 0 Å². The lowest BCUT2D eigenvalue weighted by Crippen LogP contribution is -2.40. The van der Waals surface area contributed by atoms with Crippen molar-refractivity contribution in [2.75, 3.05) is 20.1 Å². The van der Waals surface area contributed by atoms with Crippen molar-refractivity contribution in [3.63, 3.8) is 0 Å². The van der Waals surface area contributed by atoms with Crippen LogP contribution in [0.1, 0.15) is 29.9 Å². The molecule has 152 valence electrons. The van der Waals surface area contributed by atoms with Gasteiger partial charge >= 0.3 is 6.18 Å². The Morgan fingerprint density at radius 3 is 2.48 bits per heavy atom. The van der Waals surface area contributed by atoms with Gasteiger partial charge in [-0.25, -0.2) is 4.98 Å². The molecule has 2 heterocycles. The van der Waals surface area contributed by atoms with Crippen LogP contribution in [0.5, 0.6) is 0 Å². The first-order valence-electron chi connectivity index (χ1n) is 8.40. The molecule has 1 aromatic carbocycles. The van der Waals surface area contributed by atoms with E-state index in [1.807, 2.05) is 7.05 Å². The number of hydrogen-bond donors (Lipinski definition) is 1. The summed E-state index contributed by atoms with van der Waals surface area (Å²) in [6, 6.07) is 5.64. The number of nitrogens with zero attached hydrogens (tertiary/aromatic N) is 2. The lowest BCUT2D eigenvalue weighted by Gasteiger charge is -2.31. The van der Waals surface area contributed by atoms with Gasteiger partial charge in [-0.3, -0.25) is 4.90 Å². The van der Waals surface area contributed by atoms with Crippen LogP contribution in [0.15, 0.2) is 28.7 Å².